The Kier molecular flexibility index (Phi) is 11.7. The number of urea groups is 1. The number of unbranched alkanes of at least 4 members (excludes halogenated alkanes) is 3. The van der Waals surface area contributed by atoms with Crippen LogP contribution < -0.4 is 10.6 Å². The zero-order valence-corrected chi connectivity index (χ0v) is 25.7. The summed E-state index contributed by atoms with van der Waals surface area (Å²) in [5, 5.41) is 16.8. The van der Waals surface area contributed by atoms with Gasteiger partial charge in [0, 0.05) is 24.5 Å². The second-order valence-electron chi connectivity index (χ2n) is 13.5. The number of carbonyl (C=O) groups is 3. The third-order valence-electron chi connectivity index (χ3n) is 9.24. The maximum absolute atomic E-state index is 13.9. The van der Waals surface area contributed by atoms with Crippen molar-refractivity contribution in [3.63, 3.8) is 0 Å². The zero-order chi connectivity index (χ0) is 29.4. The Balaban J connectivity index is 1.85. The quantitative estimate of drug-likeness (QED) is 0.265. The molecule has 230 valence electrons. The third kappa shape index (κ3) is 8.34. The molecule has 40 heavy (non-hydrogen) atoms. The van der Waals surface area contributed by atoms with Gasteiger partial charge in [0.2, 0.25) is 5.91 Å². The fourth-order valence-corrected chi connectivity index (χ4v) is 6.82. The van der Waals surface area contributed by atoms with Gasteiger partial charge in [-0.3, -0.25) is 9.59 Å². The number of hydrogen-bond donors (Lipinski definition) is 3. The molecule has 0 radical (unpaired) electrons. The Bertz CT molecular complexity index is 848. The summed E-state index contributed by atoms with van der Waals surface area (Å²) in [4.78, 5) is 42.2. The van der Waals surface area contributed by atoms with Gasteiger partial charge < -0.3 is 30.1 Å². The van der Waals surface area contributed by atoms with Crippen molar-refractivity contribution in [3.05, 3.63) is 0 Å². The van der Waals surface area contributed by atoms with Gasteiger partial charge >= 0.3 is 12.0 Å². The fourth-order valence-electron chi connectivity index (χ4n) is 6.82. The van der Waals surface area contributed by atoms with Gasteiger partial charge in [-0.25, -0.2) is 4.79 Å². The molecule has 1 saturated heterocycles. The molecule has 0 aromatic heterocycles. The first-order valence-corrected chi connectivity index (χ1v) is 15.8. The predicted octanol–water partition coefficient (Wildman–Crippen LogP) is 5.61. The van der Waals surface area contributed by atoms with E-state index in [9.17, 15) is 19.5 Å². The molecule has 3 amide bonds. The zero-order valence-electron chi connectivity index (χ0n) is 25.7. The van der Waals surface area contributed by atoms with Crippen LogP contribution in [0.5, 0.6) is 0 Å². The molecule has 9 nitrogen and oxygen atoms in total. The SMILES string of the molecule is CCCCCCN(C(=O)NC1CCCCC1)C1(C(CNC(=O)C2OC(C)(C)OCC2(C)C)C(=O)O)CCCCC1. The fraction of sp³-hybridized carbons (Fsp3) is 0.903. The summed E-state index contributed by atoms with van der Waals surface area (Å²) in [7, 11) is 0. The van der Waals surface area contributed by atoms with Gasteiger partial charge in [-0.15, -0.1) is 0 Å². The Labute approximate surface area is 241 Å². The molecule has 1 heterocycles. The lowest BCUT2D eigenvalue weighted by atomic mass is 9.71. The molecule has 0 spiro atoms. The van der Waals surface area contributed by atoms with Crippen molar-refractivity contribution in [3.8, 4) is 0 Å². The maximum atomic E-state index is 13.9. The predicted molar refractivity (Wildman–Crippen MR) is 155 cm³/mol. The van der Waals surface area contributed by atoms with E-state index >= 15 is 0 Å². The Hall–Kier alpha value is -1.87. The standard InChI is InChI=1S/C31H55N3O6/c1-6-7-8-15-20-34(28(38)33-23-16-11-9-12-17-23)31(18-13-10-14-19-31)24(27(36)37)21-32-26(35)25-29(2,3)22-39-30(4,5)40-25/h23-25H,6-22H2,1-5H3,(H,32,35)(H,33,38)(H,36,37). The van der Waals surface area contributed by atoms with Crippen molar-refractivity contribution in [1.29, 1.82) is 0 Å². The van der Waals surface area contributed by atoms with E-state index in [2.05, 4.69) is 17.6 Å². The molecule has 3 N–H and O–H groups in total. The summed E-state index contributed by atoms with van der Waals surface area (Å²) < 4.78 is 11.8. The highest BCUT2D eigenvalue weighted by Crippen LogP contribution is 2.41. The minimum absolute atomic E-state index is 0.0481. The number of carboxylic acid groups (broad SMARTS) is 1. The van der Waals surface area contributed by atoms with Gasteiger partial charge in [0.1, 0.15) is 6.10 Å². The molecule has 9 heteroatoms. The molecule has 3 aliphatic rings. The maximum Gasteiger partial charge on any atom is 0.318 e. The van der Waals surface area contributed by atoms with E-state index in [0.29, 0.717) is 26.0 Å². The molecule has 1 aliphatic heterocycles. The van der Waals surface area contributed by atoms with Gasteiger partial charge in [0.25, 0.3) is 0 Å². The summed E-state index contributed by atoms with van der Waals surface area (Å²) in [5.41, 5.74) is -1.42. The van der Waals surface area contributed by atoms with Crippen molar-refractivity contribution in [2.24, 2.45) is 11.3 Å². The number of amides is 3. The Morgan fingerprint density at radius 3 is 2.23 bits per heavy atom. The van der Waals surface area contributed by atoms with Crippen LogP contribution in [-0.2, 0) is 19.1 Å². The molecule has 3 fully saturated rings. The van der Waals surface area contributed by atoms with Crippen molar-refractivity contribution in [1.82, 2.24) is 15.5 Å². The van der Waals surface area contributed by atoms with Gasteiger partial charge in [-0.2, -0.15) is 0 Å². The molecule has 3 rings (SSSR count). The van der Waals surface area contributed by atoms with Gasteiger partial charge in [0.05, 0.1) is 18.1 Å². The van der Waals surface area contributed by atoms with E-state index in [1.165, 1.54) is 6.42 Å². The number of nitrogens with one attached hydrogen (secondary N) is 2. The number of ether oxygens (including phenoxy) is 2. The minimum Gasteiger partial charge on any atom is -0.481 e. The van der Waals surface area contributed by atoms with E-state index in [1.807, 2.05) is 18.7 Å². The number of aliphatic carboxylic acids is 1. The second-order valence-corrected chi connectivity index (χ2v) is 13.5. The van der Waals surface area contributed by atoms with E-state index in [4.69, 9.17) is 9.47 Å². The highest BCUT2D eigenvalue weighted by Gasteiger charge is 2.51. The van der Waals surface area contributed by atoms with Crippen molar-refractivity contribution in [2.45, 2.75) is 148 Å². The summed E-state index contributed by atoms with van der Waals surface area (Å²) in [5.74, 6) is -3.13. The first kappa shape index (κ1) is 32.6. The number of carboxylic acids is 1. The van der Waals surface area contributed by atoms with Crippen LogP contribution >= 0.6 is 0 Å². The Morgan fingerprint density at radius 1 is 0.950 bits per heavy atom. The molecule has 2 atom stereocenters. The molecule has 0 aromatic rings. The minimum atomic E-state index is -0.973. The van der Waals surface area contributed by atoms with Crippen LogP contribution in [0.15, 0.2) is 0 Å². The van der Waals surface area contributed by atoms with Crippen molar-refractivity contribution >= 4 is 17.9 Å². The van der Waals surface area contributed by atoms with Gasteiger partial charge in [0.15, 0.2) is 5.79 Å². The van der Waals surface area contributed by atoms with E-state index in [-0.39, 0.29) is 24.5 Å². The van der Waals surface area contributed by atoms with E-state index in [1.54, 1.807) is 13.8 Å². The topological polar surface area (TPSA) is 117 Å². The number of nitrogens with zero attached hydrogens (tertiary/aromatic N) is 1. The lowest BCUT2D eigenvalue weighted by molar-refractivity contribution is -0.304. The highest BCUT2D eigenvalue weighted by atomic mass is 16.7. The average molecular weight is 566 g/mol. The van der Waals surface area contributed by atoms with Gasteiger partial charge in [-0.05, 0) is 46.0 Å². The smallest absolute Gasteiger partial charge is 0.318 e. The van der Waals surface area contributed by atoms with Crippen LogP contribution in [0.3, 0.4) is 0 Å². The molecular formula is C31H55N3O6. The summed E-state index contributed by atoms with van der Waals surface area (Å²) in [6.45, 7) is 10.4. The third-order valence-corrected chi connectivity index (χ3v) is 9.24. The summed E-state index contributed by atoms with van der Waals surface area (Å²) in [6.07, 6.45) is 12.6. The molecule has 0 bridgehead atoms. The molecule has 2 saturated carbocycles. The lowest BCUT2D eigenvalue weighted by Crippen LogP contribution is -2.65. The van der Waals surface area contributed by atoms with Gasteiger partial charge in [-0.1, -0.05) is 78.6 Å². The average Bonchev–Trinajstić information content (AvgIpc) is 2.91. The molecule has 0 aromatic carbocycles. The normalized spacial score (nSPS) is 25.0. The number of carbonyl (C=O) groups excluding carboxylic acids is 2. The van der Waals surface area contributed by atoms with Crippen LogP contribution in [0.4, 0.5) is 4.79 Å². The number of rotatable bonds is 12. The van der Waals surface area contributed by atoms with Crippen LogP contribution in [0, 0.1) is 11.3 Å². The van der Waals surface area contributed by atoms with Crippen molar-refractivity contribution in [2.75, 3.05) is 19.7 Å². The molecule has 2 unspecified atom stereocenters. The molecular weight excluding hydrogens is 510 g/mol. The molecule has 2 aliphatic carbocycles. The van der Waals surface area contributed by atoms with Crippen LogP contribution in [-0.4, -0.2) is 71.1 Å². The van der Waals surface area contributed by atoms with E-state index in [0.717, 1.165) is 70.6 Å². The lowest BCUT2D eigenvalue weighted by Gasteiger charge is -2.50. The Morgan fingerprint density at radius 2 is 1.60 bits per heavy atom. The summed E-state index contributed by atoms with van der Waals surface area (Å²) >= 11 is 0. The van der Waals surface area contributed by atoms with Crippen LogP contribution in [0.2, 0.25) is 0 Å². The number of hydrogen-bond acceptors (Lipinski definition) is 5. The van der Waals surface area contributed by atoms with Crippen LogP contribution in [0.1, 0.15) is 125 Å². The second kappa shape index (κ2) is 14.3. The highest BCUT2D eigenvalue weighted by molar-refractivity contribution is 5.83. The van der Waals surface area contributed by atoms with Crippen LogP contribution in [0.25, 0.3) is 0 Å². The first-order valence-electron chi connectivity index (χ1n) is 15.8. The monoisotopic (exact) mass is 565 g/mol. The van der Waals surface area contributed by atoms with E-state index < -0.39 is 34.7 Å². The first-order chi connectivity index (χ1) is 18.9. The van der Waals surface area contributed by atoms with Crippen molar-refractivity contribution < 1.29 is 29.0 Å². The largest absolute Gasteiger partial charge is 0.481 e. The summed E-state index contributed by atoms with van der Waals surface area (Å²) in [6, 6.07) is -0.00205.